The topological polar surface area (TPSA) is 54.5 Å². The molecule has 0 spiro atoms. The summed E-state index contributed by atoms with van der Waals surface area (Å²) in [7, 11) is 0. The smallest absolute Gasteiger partial charge is 0.236 e. The van der Waals surface area contributed by atoms with Gasteiger partial charge in [0.2, 0.25) is 5.91 Å². The molecule has 0 unspecified atom stereocenters. The van der Waals surface area contributed by atoms with Crippen molar-refractivity contribution >= 4 is 60.9 Å². The minimum absolute atomic E-state index is 0.0781. The first-order valence-electron chi connectivity index (χ1n) is 7.90. The second-order valence-electron chi connectivity index (χ2n) is 5.38. The monoisotopic (exact) mass is 381 g/mol. The van der Waals surface area contributed by atoms with Gasteiger partial charge in [-0.25, -0.2) is 4.98 Å². The maximum atomic E-state index is 12.1. The molecular weight excluding hydrogens is 362 g/mol. The van der Waals surface area contributed by atoms with E-state index in [-0.39, 0.29) is 5.91 Å². The molecule has 24 heavy (non-hydrogen) atoms. The second-order valence-corrected chi connectivity index (χ2v) is 8.02. The van der Waals surface area contributed by atoms with Crippen LogP contribution < -0.4 is 10.1 Å². The SMILES string of the molecule is CCOc1ccc2nc(NC(=O)CSC(=S)N3CCCC3)sc2c1. The number of anilines is 1. The molecule has 1 amide bonds. The largest absolute Gasteiger partial charge is 0.494 e. The summed E-state index contributed by atoms with van der Waals surface area (Å²) in [5, 5.41) is 3.47. The minimum Gasteiger partial charge on any atom is -0.494 e. The van der Waals surface area contributed by atoms with Crippen molar-refractivity contribution in [2.24, 2.45) is 0 Å². The Hall–Kier alpha value is -1.38. The van der Waals surface area contributed by atoms with Gasteiger partial charge in [0, 0.05) is 13.1 Å². The highest BCUT2D eigenvalue weighted by Gasteiger charge is 2.16. The normalized spacial score (nSPS) is 14.1. The number of rotatable bonds is 5. The van der Waals surface area contributed by atoms with Gasteiger partial charge in [-0.05, 0) is 38.0 Å². The predicted octanol–water partition coefficient (Wildman–Crippen LogP) is 3.75. The van der Waals surface area contributed by atoms with Crippen LogP contribution in [0.15, 0.2) is 18.2 Å². The van der Waals surface area contributed by atoms with Gasteiger partial charge in [-0.15, -0.1) is 0 Å². The van der Waals surface area contributed by atoms with Crippen LogP contribution in [0.5, 0.6) is 5.75 Å². The molecule has 1 aromatic carbocycles. The van der Waals surface area contributed by atoms with Crippen LogP contribution in [0.25, 0.3) is 10.2 Å². The highest BCUT2D eigenvalue weighted by molar-refractivity contribution is 8.23. The van der Waals surface area contributed by atoms with Crippen LogP contribution in [0.3, 0.4) is 0 Å². The lowest BCUT2D eigenvalue weighted by atomic mass is 10.3. The number of thiazole rings is 1. The van der Waals surface area contributed by atoms with Gasteiger partial charge in [0.05, 0.1) is 22.6 Å². The second kappa shape index (κ2) is 8.13. The summed E-state index contributed by atoms with van der Waals surface area (Å²) in [6, 6.07) is 5.74. The maximum absolute atomic E-state index is 12.1. The van der Waals surface area contributed by atoms with Gasteiger partial charge in [-0.3, -0.25) is 4.79 Å². The van der Waals surface area contributed by atoms with Gasteiger partial charge in [0.15, 0.2) is 5.13 Å². The molecule has 1 aliphatic rings. The first-order chi connectivity index (χ1) is 11.7. The average Bonchev–Trinajstić information content (AvgIpc) is 3.21. The number of carbonyl (C=O) groups is 1. The Morgan fingerprint density at radius 1 is 1.46 bits per heavy atom. The lowest BCUT2D eigenvalue weighted by Gasteiger charge is -2.17. The van der Waals surface area contributed by atoms with E-state index in [2.05, 4.69) is 15.2 Å². The molecule has 0 radical (unpaired) electrons. The van der Waals surface area contributed by atoms with Crippen molar-refractivity contribution in [2.75, 3.05) is 30.8 Å². The highest BCUT2D eigenvalue weighted by Crippen LogP contribution is 2.29. The number of nitrogens with zero attached hydrogens (tertiary/aromatic N) is 2. The van der Waals surface area contributed by atoms with Gasteiger partial charge in [0.1, 0.15) is 10.1 Å². The molecular formula is C16H19N3O2S3. The van der Waals surface area contributed by atoms with E-state index >= 15 is 0 Å². The summed E-state index contributed by atoms with van der Waals surface area (Å²) in [6.45, 7) is 4.59. The molecule has 0 atom stereocenters. The molecule has 1 saturated heterocycles. The first kappa shape index (κ1) is 17.4. The van der Waals surface area contributed by atoms with Crippen LogP contribution >= 0.6 is 35.3 Å². The average molecular weight is 382 g/mol. The summed E-state index contributed by atoms with van der Waals surface area (Å²) in [4.78, 5) is 18.7. The third-order valence-electron chi connectivity index (χ3n) is 3.61. The van der Waals surface area contributed by atoms with Gasteiger partial charge >= 0.3 is 0 Å². The van der Waals surface area contributed by atoms with E-state index in [1.807, 2.05) is 25.1 Å². The zero-order valence-electron chi connectivity index (χ0n) is 13.4. The van der Waals surface area contributed by atoms with E-state index < -0.39 is 0 Å². The van der Waals surface area contributed by atoms with Crippen LogP contribution in [0.1, 0.15) is 19.8 Å². The molecule has 2 aromatic rings. The fraction of sp³-hybridized carbons (Fsp3) is 0.438. The summed E-state index contributed by atoms with van der Waals surface area (Å²) in [5.41, 5.74) is 0.860. The van der Waals surface area contributed by atoms with E-state index in [0.29, 0.717) is 17.5 Å². The Bertz CT molecular complexity index is 741. The van der Waals surface area contributed by atoms with E-state index in [4.69, 9.17) is 17.0 Å². The van der Waals surface area contributed by atoms with Gasteiger partial charge in [-0.1, -0.05) is 35.3 Å². The van der Waals surface area contributed by atoms with Gasteiger partial charge < -0.3 is 15.0 Å². The number of amides is 1. The fourth-order valence-electron chi connectivity index (χ4n) is 2.49. The Kier molecular flexibility index (Phi) is 5.91. The predicted molar refractivity (Wildman–Crippen MR) is 105 cm³/mol. The number of thioether (sulfide) groups is 1. The summed E-state index contributed by atoms with van der Waals surface area (Å²) in [5.74, 6) is 1.05. The summed E-state index contributed by atoms with van der Waals surface area (Å²) >= 11 is 8.24. The zero-order valence-corrected chi connectivity index (χ0v) is 15.9. The summed E-state index contributed by atoms with van der Waals surface area (Å²) < 4.78 is 7.30. The minimum atomic E-state index is -0.0781. The van der Waals surface area contributed by atoms with Crippen molar-refractivity contribution in [3.8, 4) is 5.75 Å². The Labute approximate surface area is 154 Å². The molecule has 1 fully saturated rings. The molecule has 5 nitrogen and oxygen atoms in total. The number of likely N-dealkylation sites (tertiary alicyclic amines) is 1. The van der Waals surface area contributed by atoms with E-state index in [0.717, 1.165) is 33.4 Å². The van der Waals surface area contributed by atoms with Crippen molar-refractivity contribution in [3.05, 3.63) is 18.2 Å². The summed E-state index contributed by atoms with van der Waals surface area (Å²) in [6.07, 6.45) is 2.37. The number of carbonyl (C=O) groups excluding carboxylic acids is 1. The molecule has 0 aliphatic carbocycles. The number of thiocarbonyl (C=S) groups is 1. The number of nitrogens with one attached hydrogen (secondary N) is 1. The lowest BCUT2D eigenvalue weighted by molar-refractivity contribution is -0.113. The molecule has 1 aliphatic heterocycles. The van der Waals surface area contributed by atoms with E-state index in [1.165, 1.54) is 35.9 Å². The molecule has 1 N–H and O–H groups in total. The third-order valence-corrected chi connectivity index (χ3v) is 6.07. The number of benzene rings is 1. The van der Waals surface area contributed by atoms with Crippen LogP contribution in [-0.2, 0) is 4.79 Å². The van der Waals surface area contributed by atoms with Crippen molar-refractivity contribution in [3.63, 3.8) is 0 Å². The number of hydrogen-bond donors (Lipinski definition) is 1. The van der Waals surface area contributed by atoms with Crippen LogP contribution in [0.4, 0.5) is 5.13 Å². The van der Waals surface area contributed by atoms with Crippen LogP contribution in [0, 0.1) is 0 Å². The molecule has 0 bridgehead atoms. The van der Waals surface area contributed by atoms with Crippen LogP contribution in [0.2, 0.25) is 0 Å². The molecule has 128 valence electrons. The standard InChI is InChI=1S/C16H19N3O2S3/c1-2-21-11-5-6-12-13(9-11)24-15(17-12)18-14(20)10-23-16(22)19-7-3-4-8-19/h5-6,9H,2-4,7-8,10H2,1H3,(H,17,18,20). The molecule has 2 heterocycles. The molecule has 3 rings (SSSR count). The first-order valence-corrected chi connectivity index (χ1v) is 10.1. The molecule has 1 aromatic heterocycles. The Morgan fingerprint density at radius 3 is 3.00 bits per heavy atom. The van der Waals surface area contributed by atoms with Crippen LogP contribution in [-0.4, -0.2) is 45.6 Å². The zero-order chi connectivity index (χ0) is 16.9. The number of ether oxygens (including phenoxy) is 1. The number of aromatic nitrogens is 1. The lowest BCUT2D eigenvalue weighted by Crippen LogP contribution is -2.25. The fourth-order valence-corrected chi connectivity index (χ4v) is 4.45. The van der Waals surface area contributed by atoms with Crippen molar-refractivity contribution in [2.45, 2.75) is 19.8 Å². The maximum Gasteiger partial charge on any atom is 0.236 e. The highest BCUT2D eigenvalue weighted by atomic mass is 32.2. The van der Waals surface area contributed by atoms with Gasteiger partial charge in [0.25, 0.3) is 0 Å². The Balaban J connectivity index is 1.55. The molecule has 0 saturated carbocycles. The van der Waals surface area contributed by atoms with Gasteiger partial charge in [-0.2, -0.15) is 0 Å². The van der Waals surface area contributed by atoms with Crippen molar-refractivity contribution in [1.82, 2.24) is 9.88 Å². The van der Waals surface area contributed by atoms with E-state index in [1.54, 1.807) is 0 Å². The van der Waals surface area contributed by atoms with Crippen molar-refractivity contribution in [1.29, 1.82) is 0 Å². The number of fused-ring (bicyclic) bond motifs is 1. The number of hydrogen-bond acceptors (Lipinski definition) is 6. The quantitative estimate of drug-likeness (QED) is 0.796. The Morgan fingerprint density at radius 2 is 2.25 bits per heavy atom. The third kappa shape index (κ3) is 4.37. The van der Waals surface area contributed by atoms with Crippen molar-refractivity contribution < 1.29 is 9.53 Å². The van der Waals surface area contributed by atoms with E-state index in [9.17, 15) is 4.79 Å². The molecule has 8 heteroatoms.